The maximum atomic E-state index is 12.5. The molecule has 0 aliphatic heterocycles. The van der Waals surface area contributed by atoms with Crippen molar-refractivity contribution in [1.82, 2.24) is 0 Å². The Balaban J connectivity index is 4.13. The van der Waals surface area contributed by atoms with Crippen LogP contribution in [0.2, 0.25) is 0 Å². The molecule has 0 saturated carbocycles. The molecule has 0 aliphatic carbocycles. The normalized spacial score (nSPS) is 13.7. The number of rotatable bonds is 36. The molecule has 0 aliphatic rings. The molecule has 8 nitrogen and oxygen atoms in total. The van der Waals surface area contributed by atoms with Crippen molar-refractivity contribution < 1.29 is 32.8 Å². The SMILES string of the molecule is CCCCCCCCCCCCCCC=COCC(COP(=O)(O)OCCN)OC(=O)CCCCCCCCCCCCCC. The highest BCUT2D eigenvalue weighted by Crippen LogP contribution is 2.43. The van der Waals surface area contributed by atoms with E-state index in [4.69, 9.17) is 24.3 Å². The zero-order chi connectivity index (χ0) is 33.1. The molecule has 0 rings (SSSR count). The number of carbonyl (C=O) groups excluding carboxylic acids is 1. The molecule has 0 amide bonds. The van der Waals surface area contributed by atoms with Gasteiger partial charge in [0.25, 0.3) is 0 Å². The van der Waals surface area contributed by atoms with E-state index >= 15 is 0 Å². The number of carbonyl (C=O) groups is 1. The number of esters is 1. The molecule has 268 valence electrons. The van der Waals surface area contributed by atoms with E-state index < -0.39 is 13.9 Å². The van der Waals surface area contributed by atoms with Crippen LogP contribution < -0.4 is 5.73 Å². The topological polar surface area (TPSA) is 117 Å². The molecule has 3 N–H and O–H groups in total. The predicted octanol–water partition coefficient (Wildman–Crippen LogP) is 10.7. The molecule has 0 fully saturated rings. The molecule has 0 radical (unpaired) electrons. The molecule has 2 unspecified atom stereocenters. The maximum absolute atomic E-state index is 12.5. The van der Waals surface area contributed by atoms with E-state index in [-0.39, 0.29) is 32.3 Å². The second-order valence-corrected chi connectivity index (χ2v) is 14.0. The summed E-state index contributed by atoms with van der Waals surface area (Å²) in [6.07, 6.45) is 34.5. The van der Waals surface area contributed by atoms with Gasteiger partial charge in [-0.2, -0.15) is 0 Å². The van der Waals surface area contributed by atoms with E-state index in [0.29, 0.717) is 6.42 Å². The summed E-state index contributed by atoms with van der Waals surface area (Å²) in [6, 6.07) is 0. The van der Waals surface area contributed by atoms with Crippen molar-refractivity contribution in [3.63, 3.8) is 0 Å². The van der Waals surface area contributed by atoms with Crippen LogP contribution in [0.15, 0.2) is 12.3 Å². The van der Waals surface area contributed by atoms with E-state index in [1.54, 1.807) is 6.26 Å². The van der Waals surface area contributed by atoms with Gasteiger partial charge >= 0.3 is 13.8 Å². The van der Waals surface area contributed by atoms with Gasteiger partial charge < -0.3 is 20.1 Å². The largest absolute Gasteiger partial charge is 0.498 e. The van der Waals surface area contributed by atoms with Gasteiger partial charge in [-0.05, 0) is 25.3 Å². The minimum Gasteiger partial charge on any atom is -0.498 e. The molecule has 0 aromatic rings. The smallest absolute Gasteiger partial charge is 0.472 e. The summed E-state index contributed by atoms with van der Waals surface area (Å²) in [5.41, 5.74) is 5.34. The third-order valence-electron chi connectivity index (χ3n) is 8.03. The standard InChI is InChI=1S/C36H72NO7P/c1-3-5-7-9-11-13-15-17-18-20-22-24-26-28-31-41-33-35(34-43-45(39,40)42-32-30-37)44-36(38)29-27-25-23-21-19-16-14-12-10-8-6-4-2/h28,31,35H,3-27,29-30,32-34,37H2,1-2H3,(H,39,40). The van der Waals surface area contributed by atoms with Gasteiger partial charge in [0.05, 0.1) is 19.5 Å². The third kappa shape index (κ3) is 34.2. The zero-order valence-electron chi connectivity index (χ0n) is 29.4. The molecule has 0 spiro atoms. The van der Waals surface area contributed by atoms with Gasteiger partial charge in [0.2, 0.25) is 0 Å². The number of hydrogen-bond acceptors (Lipinski definition) is 7. The lowest BCUT2D eigenvalue weighted by molar-refractivity contribution is -0.153. The van der Waals surface area contributed by atoms with Crippen LogP contribution in [0.1, 0.15) is 181 Å². The summed E-state index contributed by atoms with van der Waals surface area (Å²) in [7, 11) is -4.28. The lowest BCUT2D eigenvalue weighted by Crippen LogP contribution is -2.27. The quantitative estimate of drug-likeness (QED) is 0.0295. The lowest BCUT2D eigenvalue weighted by atomic mass is 10.0. The van der Waals surface area contributed by atoms with E-state index in [1.807, 2.05) is 6.08 Å². The Morgan fingerprint density at radius 1 is 0.667 bits per heavy atom. The number of nitrogens with two attached hydrogens (primary N) is 1. The first-order valence-electron chi connectivity index (χ1n) is 18.7. The molecule has 0 aromatic carbocycles. The Labute approximate surface area is 277 Å². The Kier molecular flexibility index (Phi) is 33.7. The maximum Gasteiger partial charge on any atom is 0.472 e. The molecule has 0 aromatic heterocycles. The Hall–Kier alpha value is -0.920. The van der Waals surface area contributed by atoms with Crippen molar-refractivity contribution in [3.8, 4) is 0 Å². The van der Waals surface area contributed by atoms with Crippen molar-refractivity contribution in [2.75, 3.05) is 26.4 Å². The number of ether oxygens (including phenoxy) is 2. The van der Waals surface area contributed by atoms with Gasteiger partial charge in [-0.15, -0.1) is 0 Å². The summed E-state index contributed by atoms with van der Waals surface area (Å²) in [5, 5.41) is 0. The first kappa shape index (κ1) is 44.1. The molecular weight excluding hydrogens is 589 g/mol. The summed E-state index contributed by atoms with van der Waals surface area (Å²) < 4.78 is 33.0. The second-order valence-electron chi connectivity index (χ2n) is 12.5. The summed E-state index contributed by atoms with van der Waals surface area (Å²) in [6.45, 7) is 4.24. The number of phosphoric acid groups is 1. The number of phosphoric ester groups is 1. The van der Waals surface area contributed by atoms with Crippen molar-refractivity contribution in [1.29, 1.82) is 0 Å². The Morgan fingerprint density at radius 3 is 1.58 bits per heavy atom. The van der Waals surface area contributed by atoms with Gasteiger partial charge in [-0.1, -0.05) is 155 Å². The molecule has 0 heterocycles. The van der Waals surface area contributed by atoms with Gasteiger partial charge in [0.1, 0.15) is 6.61 Å². The lowest BCUT2D eigenvalue weighted by Gasteiger charge is -2.19. The molecule has 45 heavy (non-hydrogen) atoms. The average Bonchev–Trinajstić information content (AvgIpc) is 3.02. The van der Waals surface area contributed by atoms with Crippen LogP contribution in [0.5, 0.6) is 0 Å². The molecule has 0 saturated heterocycles. The van der Waals surface area contributed by atoms with Crippen molar-refractivity contribution in [2.45, 2.75) is 187 Å². The van der Waals surface area contributed by atoms with Gasteiger partial charge in [-0.25, -0.2) is 4.57 Å². The van der Waals surface area contributed by atoms with Crippen LogP contribution >= 0.6 is 7.82 Å². The number of allylic oxidation sites excluding steroid dienone is 1. The van der Waals surface area contributed by atoms with Gasteiger partial charge in [0.15, 0.2) is 6.10 Å². The Bertz CT molecular complexity index is 707. The third-order valence-corrected chi connectivity index (χ3v) is 9.01. The fourth-order valence-electron chi connectivity index (χ4n) is 5.26. The number of hydrogen-bond donors (Lipinski definition) is 2. The first-order chi connectivity index (χ1) is 21.9. The van der Waals surface area contributed by atoms with Crippen LogP contribution in [-0.4, -0.2) is 43.3 Å². The van der Waals surface area contributed by atoms with E-state index in [1.165, 1.54) is 128 Å². The zero-order valence-corrected chi connectivity index (χ0v) is 30.3. The highest BCUT2D eigenvalue weighted by Gasteiger charge is 2.25. The first-order valence-corrected chi connectivity index (χ1v) is 20.2. The van der Waals surface area contributed by atoms with Crippen molar-refractivity contribution in [2.24, 2.45) is 5.73 Å². The van der Waals surface area contributed by atoms with Crippen LogP contribution in [0.4, 0.5) is 0 Å². The van der Waals surface area contributed by atoms with E-state index in [0.717, 1.165) is 32.1 Å². The molecular formula is C36H72NO7P. The monoisotopic (exact) mass is 662 g/mol. The highest BCUT2D eigenvalue weighted by molar-refractivity contribution is 7.47. The molecule has 0 bridgehead atoms. The minimum atomic E-state index is -4.28. The minimum absolute atomic E-state index is 0.0377. The van der Waals surface area contributed by atoms with Crippen LogP contribution in [-0.2, 0) is 27.9 Å². The highest BCUT2D eigenvalue weighted by atomic mass is 31.2. The van der Waals surface area contributed by atoms with Crippen molar-refractivity contribution in [3.05, 3.63) is 12.3 Å². The Morgan fingerprint density at radius 2 is 1.11 bits per heavy atom. The van der Waals surface area contributed by atoms with E-state index in [9.17, 15) is 14.3 Å². The fraction of sp³-hybridized carbons (Fsp3) is 0.917. The van der Waals surface area contributed by atoms with Gasteiger partial charge in [-0.3, -0.25) is 13.8 Å². The fourth-order valence-corrected chi connectivity index (χ4v) is 6.02. The van der Waals surface area contributed by atoms with Crippen molar-refractivity contribution >= 4 is 13.8 Å². The average molecular weight is 662 g/mol. The molecule has 9 heteroatoms. The summed E-state index contributed by atoms with van der Waals surface area (Å²) in [4.78, 5) is 22.3. The number of unbranched alkanes of at least 4 members (excludes halogenated alkanes) is 23. The van der Waals surface area contributed by atoms with Crippen LogP contribution in [0.3, 0.4) is 0 Å². The van der Waals surface area contributed by atoms with Crippen LogP contribution in [0.25, 0.3) is 0 Å². The summed E-state index contributed by atoms with van der Waals surface area (Å²) >= 11 is 0. The summed E-state index contributed by atoms with van der Waals surface area (Å²) in [5.74, 6) is -0.351. The second kappa shape index (κ2) is 34.4. The van der Waals surface area contributed by atoms with Gasteiger partial charge in [0, 0.05) is 13.0 Å². The predicted molar refractivity (Wildman–Crippen MR) is 187 cm³/mol. The van der Waals surface area contributed by atoms with Crippen LogP contribution in [0, 0.1) is 0 Å². The van der Waals surface area contributed by atoms with E-state index in [2.05, 4.69) is 13.8 Å². The molecule has 2 atom stereocenters.